The van der Waals surface area contributed by atoms with E-state index in [0.717, 1.165) is 17.9 Å². The van der Waals surface area contributed by atoms with Crippen molar-refractivity contribution in [1.82, 2.24) is 5.32 Å². The quantitative estimate of drug-likeness (QED) is 0.815. The van der Waals surface area contributed by atoms with Crippen molar-refractivity contribution in [2.75, 3.05) is 6.54 Å². The highest BCUT2D eigenvalue weighted by atomic mass is 32.1. The van der Waals surface area contributed by atoms with E-state index in [1.54, 1.807) is 0 Å². The summed E-state index contributed by atoms with van der Waals surface area (Å²) in [5.41, 5.74) is 6.12. The SMILES string of the molecule is CC(CC1CC1)NC(=O)c1sccc1C#CCN. The van der Waals surface area contributed by atoms with Gasteiger partial charge in [-0.15, -0.1) is 11.3 Å². The van der Waals surface area contributed by atoms with E-state index in [0.29, 0.717) is 11.4 Å². The molecular formula is C14H18N2OS. The molecule has 1 aliphatic rings. The summed E-state index contributed by atoms with van der Waals surface area (Å²) < 4.78 is 0. The van der Waals surface area contributed by atoms with E-state index in [1.165, 1.54) is 24.2 Å². The summed E-state index contributed by atoms with van der Waals surface area (Å²) in [6.45, 7) is 2.38. The summed E-state index contributed by atoms with van der Waals surface area (Å²) in [6, 6.07) is 2.11. The number of nitrogens with one attached hydrogen (secondary N) is 1. The third-order valence-corrected chi connectivity index (χ3v) is 3.87. The highest BCUT2D eigenvalue weighted by Crippen LogP contribution is 2.33. The van der Waals surface area contributed by atoms with Gasteiger partial charge in [0.2, 0.25) is 0 Å². The number of rotatable bonds is 4. The molecule has 1 atom stereocenters. The number of carbonyl (C=O) groups is 1. The Morgan fingerprint density at radius 2 is 2.44 bits per heavy atom. The van der Waals surface area contributed by atoms with Gasteiger partial charge in [-0.1, -0.05) is 24.7 Å². The van der Waals surface area contributed by atoms with E-state index in [1.807, 2.05) is 11.4 Å². The lowest BCUT2D eigenvalue weighted by atomic mass is 10.1. The molecule has 1 heterocycles. The summed E-state index contributed by atoms with van der Waals surface area (Å²) in [4.78, 5) is 12.8. The molecule has 1 saturated carbocycles. The lowest BCUT2D eigenvalue weighted by Crippen LogP contribution is -2.32. The Labute approximate surface area is 112 Å². The van der Waals surface area contributed by atoms with E-state index in [-0.39, 0.29) is 11.9 Å². The fraction of sp³-hybridized carbons (Fsp3) is 0.500. The Balaban J connectivity index is 1.97. The number of hydrogen-bond donors (Lipinski definition) is 2. The van der Waals surface area contributed by atoms with Crippen LogP contribution in [0.5, 0.6) is 0 Å². The molecule has 1 unspecified atom stereocenters. The van der Waals surface area contributed by atoms with Gasteiger partial charge in [0.25, 0.3) is 5.91 Å². The second kappa shape index (κ2) is 6.03. The average molecular weight is 262 g/mol. The first-order chi connectivity index (χ1) is 8.70. The molecule has 1 aliphatic carbocycles. The van der Waals surface area contributed by atoms with Crippen molar-refractivity contribution in [3.63, 3.8) is 0 Å². The minimum absolute atomic E-state index is 0.0144. The van der Waals surface area contributed by atoms with Gasteiger partial charge in [0, 0.05) is 11.6 Å². The Bertz CT molecular complexity index is 479. The summed E-state index contributed by atoms with van der Waals surface area (Å²) in [5.74, 6) is 6.53. The van der Waals surface area contributed by atoms with Crippen LogP contribution < -0.4 is 11.1 Å². The molecule has 1 aromatic rings. The fourth-order valence-corrected chi connectivity index (χ4v) is 2.68. The Kier molecular flexibility index (Phi) is 4.40. The second-order valence-corrected chi connectivity index (χ2v) is 5.64. The summed E-state index contributed by atoms with van der Waals surface area (Å²) in [6.07, 6.45) is 3.71. The highest BCUT2D eigenvalue weighted by molar-refractivity contribution is 7.12. The maximum atomic E-state index is 12.1. The van der Waals surface area contributed by atoms with Crippen LogP contribution >= 0.6 is 11.3 Å². The largest absolute Gasteiger partial charge is 0.349 e. The number of hydrogen-bond acceptors (Lipinski definition) is 3. The summed E-state index contributed by atoms with van der Waals surface area (Å²) >= 11 is 1.43. The van der Waals surface area contributed by atoms with Gasteiger partial charge in [-0.05, 0) is 30.7 Å². The van der Waals surface area contributed by atoms with Crippen LogP contribution in [0.4, 0.5) is 0 Å². The Hall–Kier alpha value is -1.31. The van der Waals surface area contributed by atoms with Crippen molar-refractivity contribution < 1.29 is 4.79 Å². The average Bonchev–Trinajstić information content (AvgIpc) is 3.01. The van der Waals surface area contributed by atoms with E-state index < -0.39 is 0 Å². The van der Waals surface area contributed by atoms with Crippen LogP contribution in [0, 0.1) is 17.8 Å². The first-order valence-corrected chi connectivity index (χ1v) is 7.16. The zero-order valence-corrected chi connectivity index (χ0v) is 11.3. The predicted molar refractivity (Wildman–Crippen MR) is 74.5 cm³/mol. The predicted octanol–water partition coefficient (Wildman–Crippen LogP) is 1.98. The van der Waals surface area contributed by atoms with Crippen LogP contribution in [-0.4, -0.2) is 18.5 Å². The molecular weight excluding hydrogens is 244 g/mol. The van der Waals surface area contributed by atoms with Crippen molar-refractivity contribution in [2.45, 2.75) is 32.2 Å². The van der Waals surface area contributed by atoms with Gasteiger partial charge in [0.1, 0.15) is 4.88 Å². The van der Waals surface area contributed by atoms with Crippen molar-refractivity contribution in [3.05, 3.63) is 21.9 Å². The molecule has 1 fully saturated rings. The molecule has 18 heavy (non-hydrogen) atoms. The second-order valence-electron chi connectivity index (χ2n) is 4.72. The fourth-order valence-electron chi connectivity index (χ4n) is 1.93. The Morgan fingerprint density at radius 3 is 3.11 bits per heavy atom. The number of carbonyl (C=O) groups excluding carboxylic acids is 1. The molecule has 2 rings (SSSR count). The standard InChI is InChI=1S/C14H18N2OS/c1-10(9-11-4-5-11)16-14(17)13-12(3-2-7-15)6-8-18-13/h6,8,10-11H,4-5,7,9,15H2,1H3,(H,16,17). The van der Waals surface area contributed by atoms with Gasteiger partial charge < -0.3 is 11.1 Å². The van der Waals surface area contributed by atoms with E-state index in [9.17, 15) is 4.79 Å². The van der Waals surface area contributed by atoms with Crippen molar-refractivity contribution in [1.29, 1.82) is 0 Å². The maximum Gasteiger partial charge on any atom is 0.262 e. The summed E-state index contributed by atoms with van der Waals surface area (Å²) in [5, 5.41) is 4.93. The molecule has 96 valence electrons. The molecule has 0 aromatic carbocycles. The third-order valence-electron chi connectivity index (χ3n) is 2.96. The van der Waals surface area contributed by atoms with E-state index in [2.05, 4.69) is 24.1 Å². The van der Waals surface area contributed by atoms with Crippen LogP contribution in [0.3, 0.4) is 0 Å². The normalized spacial score (nSPS) is 15.7. The number of amides is 1. The molecule has 1 amide bonds. The molecule has 0 aliphatic heterocycles. The first-order valence-electron chi connectivity index (χ1n) is 6.28. The van der Waals surface area contributed by atoms with Gasteiger partial charge in [-0.25, -0.2) is 0 Å². The Morgan fingerprint density at radius 1 is 1.67 bits per heavy atom. The van der Waals surface area contributed by atoms with Crippen LogP contribution in [0.25, 0.3) is 0 Å². The van der Waals surface area contributed by atoms with Crippen LogP contribution in [-0.2, 0) is 0 Å². The van der Waals surface area contributed by atoms with Gasteiger partial charge in [-0.2, -0.15) is 0 Å². The number of nitrogens with two attached hydrogens (primary N) is 1. The minimum atomic E-state index is -0.0144. The monoisotopic (exact) mass is 262 g/mol. The molecule has 0 saturated heterocycles. The first kappa shape index (κ1) is 13.1. The smallest absolute Gasteiger partial charge is 0.262 e. The van der Waals surface area contributed by atoms with Crippen LogP contribution in [0.15, 0.2) is 11.4 Å². The third kappa shape index (κ3) is 3.59. The lowest BCUT2D eigenvalue weighted by Gasteiger charge is -2.12. The van der Waals surface area contributed by atoms with Gasteiger partial charge in [0.05, 0.1) is 6.54 Å². The molecule has 3 nitrogen and oxygen atoms in total. The van der Waals surface area contributed by atoms with Gasteiger partial charge >= 0.3 is 0 Å². The molecule has 0 bridgehead atoms. The molecule has 4 heteroatoms. The topological polar surface area (TPSA) is 55.1 Å². The van der Waals surface area contributed by atoms with E-state index >= 15 is 0 Å². The van der Waals surface area contributed by atoms with Gasteiger partial charge in [-0.3, -0.25) is 4.79 Å². The lowest BCUT2D eigenvalue weighted by molar-refractivity contribution is 0.0941. The highest BCUT2D eigenvalue weighted by Gasteiger charge is 2.24. The molecule has 0 radical (unpaired) electrons. The van der Waals surface area contributed by atoms with Crippen molar-refractivity contribution in [2.24, 2.45) is 11.7 Å². The van der Waals surface area contributed by atoms with Crippen molar-refractivity contribution >= 4 is 17.2 Å². The minimum Gasteiger partial charge on any atom is -0.349 e. The molecule has 1 aromatic heterocycles. The maximum absolute atomic E-state index is 12.1. The van der Waals surface area contributed by atoms with Crippen LogP contribution in [0.2, 0.25) is 0 Å². The van der Waals surface area contributed by atoms with Crippen LogP contribution in [0.1, 0.15) is 41.4 Å². The number of thiophene rings is 1. The molecule has 3 N–H and O–H groups in total. The zero-order chi connectivity index (χ0) is 13.0. The van der Waals surface area contributed by atoms with E-state index in [4.69, 9.17) is 5.73 Å². The van der Waals surface area contributed by atoms with Gasteiger partial charge in [0.15, 0.2) is 0 Å². The molecule has 0 spiro atoms. The van der Waals surface area contributed by atoms with Crippen molar-refractivity contribution in [3.8, 4) is 11.8 Å². The summed E-state index contributed by atoms with van der Waals surface area (Å²) in [7, 11) is 0. The zero-order valence-electron chi connectivity index (χ0n) is 10.5.